The summed E-state index contributed by atoms with van der Waals surface area (Å²) in [5.41, 5.74) is 3.11. The van der Waals surface area contributed by atoms with Gasteiger partial charge in [0.1, 0.15) is 5.01 Å². The lowest BCUT2D eigenvalue weighted by Crippen LogP contribution is -2.03. The molecule has 2 aromatic carbocycles. The quantitative estimate of drug-likeness (QED) is 0.425. The molecular weight excluding hydrogens is 431 g/mol. The SMILES string of the molecule is Cc1cc(Sc2sc(-c3ccc(C(F)(F)F)cc3)nc2C)ccc1Cc1nn[nH]n1. The van der Waals surface area contributed by atoms with E-state index in [-0.39, 0.29) is 0 Å². The van der Waals surface area contributed by atoms with Crippen LogP contribution in [0.3, 0.4) is 0 Å². The molecule has 154 valence electrons. The predicted octanol–water partition coefficient (Wildman–Crippen LogP) is 5.70. The first-order valence-electron chi connectivity index (χ1n) is 8.94. The summed E-state index contributed by atoms with van der Waals surface area (Å²) in [4.78, 5) is 5.61. The number of aromatic amines is 1. The van der Waals surface area contributed by atoms with Gasteiger partial charge in [0.15, 0.2) is 5.82 Å². The van der Waals surface area contributed by atoms with Crippen molar-refractivity contribution in [3.63, 3.8) is 0 Å². The van der Waals surface area contributed by atoms with Crippen LogP contribution < -0.4 is 0 Å². The van der Waals surface area contributed by atoms with Crippen molar-refractivity contribution in [2.45, 2.75) is 35.5 Å². The Labute approximate surface area is 178 Å². The van der Waals surface area contributed by atoms with Crippen molar-refractivity contribution in [3.8, 4) is 10.6 Å². The Morgan fingerprint density at radius 1 is 1.07 bits per heavy atom. The molecule has 10 heteroatoms. The fourth-order valence-corrected chi connectivity index (χ4v) is 5.14. The summed E-state index contributed by atoms with van der Waals surface area (Å²) in [6.07, 6.45) is -3.74. The third kappa shape index (κ3) is 4.54. The Morgan fingerprint density at radius 2 is 1.83 bits per heavy atom. The van der Waals surface area contributed by atoms with Crippen molar-refractivity contribution in [1.29, 1.82) is 0 Å². The van der Waals surface area contributed by atoms with Crippen molar-refractivity contribution in [1.82, 2.24) is 25.6 Å². The standard InChI is InChI=1S/C20H16F3N5S2/c1-11-9-16(8-5-14(11)10-17-25-27-28-26-17)29-19-12(2)24-18(30-19)13-3-6-15(7-4-13)20(21,22)23/h3-9H,10H2,1-2H3,(H,25,26,27,28). The Bertz CT molecular complexity index is 1150. The van der Waals surface area contributed by atoms with Gasteiger partial charge in [-0.1, -0.05) is 35.2 Å². The lowest BCUT2D eigenvalue weighted by atomic mass is 10.1. The van der Waals surface area contributed by atoms with Crippen molar-refractivity contribution in [2.75, 3.05) is 0 Å². The van der Waals surface area contributed by atoms with Crippen LogP contribution in [0.25, 0.3) is 10.6 Å². The summed E-state index contributed by atoms with van der Waals surface area (Å²) in [6, 6.07) is 11.3. The van der Waals surface area contributed by atoms with Gasteiger partial charge >= 0.3 is 6.18 Å². The summed E-state index contributed by atoms with van der Waals surface area (Å²) in [5.74, 6) is 0.637. The number of hydrogen-bond donors (Lipinski definition) is 1. The van der Waals surface area contributed by atoms with E-state index in [0.29, 0.717) is 22.8 Å². The second-order valence-corrected chi connectivity index (χ2v) is 9.00. The minimum atomic E-state index is -4.34. The molecule has 30 heavy (non-hydrogen) atoms. The lowest BCUT2D eigenvalue weighted by Gasteiger charge is -2.06. The van der Waals surface area contributed by atoms with Gasteiger partial charge < -0.3 is 0 Å². The molecule has 4 aromatic rings. The number of benzene rings is 2. The number of H-pyrrole nitrogens is 1. The van der Waals surface area contributed by atoms with Crippen molar-refractivity contribution in [3.05, 3.63) is 70.7 Å². The molecule has 0 aliphatic heterocycles. The number of nitrogens with one attached hydrogen (secondary N) is 1. The Morgan fingerprint density at radius 3 is 2.47 bits per heavy atom. The molecule has 0 amide bonds. The van der Waals surface area contributed by atoms with E-state index in [9.17, 15) is 13.2 Å². The maximum atomic E-state index is 12.8. The molecule has 0 unspecified atom stereocenters. The highest BCUT2D eigenvalue weighted by molar-refractivity contribution is 8.01. The Hall–Kier alpha value is -2.72. The van der Waals surface area contributed by atoms with Gasteiger partial charge in [-0.3, -0.25) is 0 Å². The number of hydrogen-bond acceptors (Lipinski definition) is 6. The molecule has 0 aliphatic carbocycles. The zero-order chi connectivity index (χ0) is 21.3. The summed E-state index contributed by atoms with van der Waals surface area (Å²) in [5, 5.41) is 14.7. The van der Waals surface area contributed by atoms with E-state index >= 15 is 0 Å². The average molecular weight is 448 g/mol. The van der Waals surface area contributed by atoms with Crippen LogP contribution in [0.2, 0.25) is 0 Å². The molecule has 4 rings (SSSR count). The molecule has 5 nitrogen and oxygen atoms in total. The summed E-state index contributed by atoms with van der Waals surface area (Å²) < 4.78 is 39.3. The third-order valence-corrected chi connectivity index (χ3v) is 6.95. The maximum absolute atomic E-state index is 12.8. The van der Waals surface area contributed by atoms with Crippen molar-refractivity contribution >= 4 is 23.1 Å². The molecule has 0 bridgehead atoms. The minimum Gasteiger partial charge on any atom is -0.240 e. The van der Waals surface area contributed by atoms with Crippen LogP contribution in [0.1, 0.15) is 28.2 Å². The number of nitrogens with zero attached hydrogens (tertiary/aromatic N) is 4. The monoisotopic (exact) mass is 447 g/mol. The van der Waals surface area contributed by atoms with Gasteiger partial charge in [0, 0.05) is 16.9 Å². The van der Waals surface area contributed by atoms with E-state index in [0.717, 1.165) is 38.1 Å². The number of aryl methyl sites for hydroxylation is 2. The largest absolute Gasteiger partial charge is 0.416 e. The highest BCUT2D eigenvalue weighted by Crippen LogP contribution is 2.39. The second-order valence-electron chi connectivity index (χ2n) is 6.66. The number of tetrazole rings is 1. The normalized spacial score (nSPS) is 11.8. The molecule has 0 aliphatic rings. The molecule has 0 saturated carbocycles. The minimum absolute atomic E-state index is 0.602. The average Bonchev–Trinajstić information content (AvgIpc) is 3.33. The van der Waals surface area contributed by atoms with Gasteiger partial charge in [-0.15, -0.1) is 21.5 Å². The molecular formula is C20H16F3N5S2. The zero-order valence-electron chi connectivity index (χ0n) is 16.0. The van der Waals surface area contributed by atoms with Gasteiger partial charge in [0.2, 0.25) is 0 Å². The highest BCUT2D eigenvalue weighted by atomic mass is 32.2. The van der Waals surface area contributed by atoms with Gasteiger partial charge in [-0.25, -0.2) is 4.98 Å². The van der Waals surface area contributed by atoms with E-state index in [2.05, 4.69) is 31.7 Å². The Kier molecular flexibility index (Phi) is 5.61. The summed E-state index contributed by atoms with van der Waals surface area (Å²) >= 11 is 3.07. The molecule has 0 radical (unpaired) electrons. The zero-order valence-corrected chi connectivity index (χ0v) is 17.6. The van der Waals surface area contributed by atoms with Crippen molar-refractivity contribution in [2.24, 2.45) is 0 Å². The first-order valence-corrected chi connectivity index (χ1v) is 10.6. The molecule has 0 atom stereocenters. The van der Waals surface area contributed by atoms with Crippen LogP contribution in [0.5, 0.6) is 0 Å². The first-order chi connectivity index (χ1) is 14.3. The molecule has 2 aromatic heterocycles. The number of halogens is 3. The van der Waals surface area contributed by atoms with Gasteiger partial charge in [-0.2, -0.15) is 18.4 Å². The fourth-order valence-electron chi connectivity index (χ4n) is 2.87. The number of aromatic nitrogens is 5. The van der Waals surface area contributed by atoms with Gasteiger partial charge in [0.05, 0.1) is 15.5 Å². The fraction of sp³-hybridized carbons (Fsp3) is 0.200. The highest BCUT2D eigenvalue weighted by Gasteiger charge is 2.30. The number of rotatable bonds is 5. The topological polar surface area (TPSA) is 67.3 Å². The first kappa shape index (κ1) is 20.5. The molecule has 0 fully saturated rings. The van der Waals surface area contributed by atoms with Crippen molar-refractivity contribution < 1.29 is 13.2 Å². The molecule has 1 N–H and O–H groups in total. The van der Waals surface area contributed by atoms with Crippen LogP contribution in [0, 0.1) is 13.8 Å². The van der Waals surface area contributed by atoms with E-state index < -0.39 is 11.7 Å². The van der Waals surface area contributed by atoms with E-state index in [4.69, 9.17) is 0 Å². The van der Waals surface area contributed by atoms with Gasteiger partial charge in [0.25, 0.3) is 0 Å². The lowest BCUT2D eigenvalue weighted by molar-refractivity contribution is -0.137. The van der Waals surface area contributed by atoms with Gasteiger partial charge in [-0.05, 0) is 49.2 Å². The Balaban J connectivity index is 1.52. The van der Waals surface area contributed by atoms with Crippen LogP contribution in [-0.2, 0) is 12.6 Å². The molecule has 0 saturated heterocycles. The van der Waals surface area contributed by atoms with E-state index in [1.165, 1.54) is 23.5 Å². The third-order valence-electron chi connectivity index (χ3n) is 4.48. The smallest absolute Gasteiger partial charge is 0.240 e. The molecule has 2 heterocycles. The second kappa shape index (κ2) is 8.19. The van der Waals surface area contributed by atoms with Crippen LogP contribution >= 0.6 is 23.1 Å². The number of alkyl halides is 3. The van der Waals surface area contributed by atoms with E-state index in [1.807, 2.05) is 26.0 Å². The number of thiazole rings is 1. The summed E-state index contributed by atoms with van der Waals surface area (Å²) in [7, 11) is 0. The van der Waals surface area contributed by atoms with Crippen LogP contribution in [0.4, 0.5) is 13.2 Å². The van der Waals surface area contributed by atoms with E-state index in [1.54, 1.807) is 11.8 Å². The predicted molar refractivity (Wildman–Crippen MR) is 110 cm³/mol. The molecule has 0 spiro atoms. The maximum Gasteiger partial charge on any atom is 0.416 e. The summed E-state index contributed by atoms with van der Waals surface area (Å²) in [6.45, 7) is 3.94. The van der Waals surface area contributed by atoms with Crippen LogP contribution in [0.15, 0.2) is 51.6 Å². The van der Waals surface area contributed by atoms with Crippen LogP contribution in [-0.4, -0.2) is 25.6 Å².